The van der Waals surface area contributed by atoms with Crippen LogP contribution in [-0.4, -0.2) is 71.0 Å². The van der Waals surface area contributed by atoms with Crippen LogP contribution in [-0.2, 0) is 10.2 Å². The molecule has 1 aliphatic rings. The lowest BCUT2D eigenvalue weighted by molar-refractivity contribution is 0.257. The van der Waals surface area contributed by atoms with Crippen LogP contribution in [0.4, 0.5) is 0 Å². The van der Waals surface area contributed by atoms with Gasteiger partial charge in [0.25, 0.3) is 10.2 Å². The zero-order chi connectivity index (χ0) is 15.7. The number of hydrogen-bond donors (Lipinski definition) is 2. The van der Waals surface area contributed by atoms with Crippen molar-refractivity contribution in [1.29, 1.82) is 0 Å². The van der Waals surface area contributed by atoms with Crippen LogP contribution < -0.4 is 10.0 Å². The molecule has 0 radical (unpaired) electrons. The summed E-state index contributed by atoms with van der Waals surface area (Å²) < 4.78 is 28.9. The van der Waals surface area contributed by atoms with E-state index in [-0.39, 0.29) is 0 Å². The number of piperidine rings is 1. The molecule has 0 aliphatic carbocycles. The molecule has 1 unspecified atom stereocenters. The maximum Gasteiger partial charge on any atom is 0.279 e. The van der Waals surface area contributed by atoms with Crippen LogP contribution in [0, 0.1) is 5.92 Å². The third-order valence-corrected chi connectivity index (χ3v) is 5.33. The lowest BCUT2D eigenvalue weighted by Crippen LogP contribution is -2.48. The monoisotopic (exact) mass is 320 g/mol. The highest BCUT2D eigenvalue weighted by molar-refractivity contribution is 7.87. The van der Waals surface area contributed by atoms with E-state index in [9.17, 15) is 8.42 Å². The van der Waals surface area contributed by atoms with Gasteiger partial charge in [-0.05, 0) is 65.3 Å². The van der Waals surface area contributed by atoms with Crippen molar-refractivity contribution in [3.8, 4) is 0 Å². The first-order valence-corrected chi connectivity index (χ1v) is 9.50. The summed E-state index contributed by atoms with van der Waals surface area (Å²) in [6.07, 6.45) is 4.02. The minimum atomic E-state index is -3.31. The third kappa shape index (κ3) is 7.56. The van der Waals surface area contributed by atoms with Gasteiger partial charge in [0.15, 0.2) is 0 Å². The lowest BCUT2D eigenvalue weighted by atomic mass is 10.00. The average Bonchev–Trinajstić information content (AvgIpc) is 2.44. The molecule has 7 heteroatoms. The van der Waals surface area contributed by atoms with Crippen LogP contribution in [0.2, 0.25) is 0 Å². The Hall–Kier alpha value is -0.210. The van der Waals surface area contributed by atoms with Crippen LogP contribution in [0.5, 0.6) is 0 Å². The third-order valence-electron chi connectivity index (χ3n) is 3.75. The Balaban J connectivity index is 2.35. The second-order valence-corrected chi connectivity index (χ2v) is 7.88. The lowest BCUT2D eigenvalue weighted by Gasteiger charge is -2.32. The normalized spacial score (nSPS) is 21.0. The van der Waals surface area contributed by atoms with Gasteiger partial charge in [-0.3, -0.25) is 0 Å². The predicted molar refractivity (Wildman–Crippen MR) is 87.6 cm³/mol. The Labute approximate surface area is 130 Å². The molecule has 1 fully saturated rings. The minimum absolute atomic E-state index is 0.434. The quantitative estimate of drug-likeness (QED) is 0.575. The van der Waals surface area contributed by atoms with Gasteiger partial charge in [0.2, 0.25) is 0 Å². The Kier molecular flexibility index (Phi) is 8.73. The maximum atomic E-state index is 12.3. The molecule has 0 aromatic heterocycles. The van der Waals surface area contributed by atoms with Crippen LogP contribution in [0.3, 0.4) is 0 Å². The molecule has 0 spiro atoms. The molecule has 1 rings (SSSR count). The van der Waals surface area contributed by atoms with E-state index in [0.29, 0.717) is 25.6 Å². The number of nitrogens with zero attached hydrogens (tertiary/aromatic N) is 2. The number of rotatable bonds is 10. The van der Waals surface area contributed by atoms with Crippen molar-refractivity contribution in [2.24, 2.45) is 5.92 Å². The van der Waals surface area contributed by atoms with Gasteiger partial charge in [-0.25, -0.2) is 4.72 Å². The molecule has 6 nitrogen and oxygen atoms in total. The topological polar surface area (TPSA) is 64.7 Å². The summed E-state index contributed by atoms with van der Waals surface area (Å²) in [5, 5.41) is 3.39. The van der Waals surface area contributed by atoms with E-state index >= 15 is 0 Å². The summed E-state index contributed by atoms with van der Waals surface area (Å²) in [7, 11) is 0.678. The first-order chi connectivity index (χ1) is 9.95. The first kappa shape index (κ1) is 18.8. The molecule has 0 amide bonds. The van der Waals surface area contributed by atoms with Crippen molar-refractivity contribution in [1.82, 2.24) is 19.2 Å². The molecule has 0 aromatic carbocycles. The van der Waals surface area contributed by atoms with Gasteiger partial charge in [-0.15, -0.1) is 0 Å². The Morgan fingerprint density at radius 3 is 2.71 bits per heavy atom. The van der Waals surface area contributed by atoms with Gasteiger partial charge in [0, 0.05) is 19.6 Å². The molecular weight excluding hydrogens is 288 g/mol. The van der Waals surface area contributed by atoms with Gasteiger partial charge in [0.05, 0.1) is 0 Å². The molecule has 21 heavy (non-hydrogen) atoms. The molecule has 1 heterocycles. The van der Waals surface area contributed by atoms with Crippen LogP contribution in [0.1, 0.15) is 32.6 Å². The van der Waals surface area contributed by atoms with Crippen LogP contribution in [0.25, 0.3) is 0 Å². The molecule has 0 bridgehead atoms. The van der Waals surface area contributed by atoms with Crippen molar-refractivity contribution in [2.75, 3.05) is 53.4 Å². The second kappa shape index (κ2) is 9.74. The summed E-state index contributed by atoms with van der Waals surface area (Å²) >= 11 is 0. The van der Waals surface area contributed by atoms with Crippen molar-refractivity contribution >= 4 is 10.2 Å². The average molecular weight is 321 g/mol. The van der Waals surface area contributed by atoms with Crippen LogP contribution >= 0.6 is 0 Å². The van der Waals surface area contributed by atoms with Gasteiger partial charge in [-0.1, -0.05) is 6.92 Å². The summed E-state index contributed by atoms with van der Waals surface area (Å²) in [6.45, 7) is 6.75. The molecule has 1 atom stereocenters. The van der Waals surface area contributed by atoms with Gasteiger partial charge < -0.3 is 10.2 Å². The summed E-state index contributed by atoms with van der Waals surface area (Å²) in [4.78, 5) is 2.06. The van der Waals surface area contributed by atoms with Crippen molar-refractivity contribution in [3.63, 3.8) is 0 Å². The number of hydrogen-bond acceptors (Lipinski definition) is 4. The Bertz CT molecular complexity index is 373. The fourth-order valence-electron chi connectivity index (χ4n) is 2.58. The van der Waals surface area contributed by atoms with Crippen LogP contribution in [0.15, 0.2) is 0 Å². The highest BCUT2D eigenvalue weighted by Gasteiger charge is 2.28. The fourth-order valence-corrected chi connectivity index (χ4v) is 3.94. The first-order valence-electron chi connectivity index (χ1n) is 8.06. The molecule has 2 N–H and O–H groups in total. The van der Waals surface area contributed by atoms with E-state index in [2.05, 4.69) is 21.9 Å². The van der Waals surface area contributed by atoms with Crippen molar-refractivity contribution in [3.05, 3.63) is 0 Å². The highest BCUT2D eigenvalue weighted by atomic mass is 32.2. The van der Waals surface area contributed by atoms with Gasteiger partial charge in [-0.2, -0.15) is 12.7 Å². The molecule has 126 valence electrons. The van der Waals surface area contributed by atoms with E-state index in [1.54, 1.807) is 4.31 Å². The standard InChI is InChI=1S/C14H32N4O2S/c1-4-8-15-12-14-7-5-11-18(13-14)21(19,20)16-9-6-10-17(2)3/h14-16H,4-13H2,1-3H3. The smallest absolute Gasteiger partial charge is 0.279 e. The molecule has 0 saturated carbocycles. The summed E-state index contributed by atoms with van der Waals surface area (Å²) in [5.41, 5.74) is 0. The van der Waals surface area contributed by atoms with Crippen molar-refractivity contribution in [2.45, 2.75) is 32.6 Å². The predicted octanol–water partition coefficient (Wildman–Crippen LogP) is 0.484. The Morgan fingerprint density at radius 1 is 1.29 bits per heavy atom. The summed E-state index contributed by atoms with van der Waals surface area (Å²) in [5.74, 6) is 0.434. The van der Waals surface area contributed by atoms with E-state index in [1.165, 1.54) is 0 Å². The zero-order valence-electron chi connectivity index (χ0n) is 13.8. The van der Waals surface area contributed by atoms with Gasteiger partial charge >= 0.3 is 0 Å². The molecule has 1 saturated heterocycles. The second-order valence-electron chi connectivity index (χ2n) is 6.13. The van der Waals surface area contributed by atoms with E-state index in [0.717, 1.165) is 45.3 Å². The molecular formula is C14H32N4O2S. The van der Waals surface area contributed by atoms with Gasteiger partial charge in [0.1, 0.15) is 0 Å². The minimum Gasteiger partial charge on any atom is -0.316 e. The van der Waals surface area contributed by atoms with E-state index in [4.69, 9.17) is 0 Å². The molecule has 0 aromatic rings. The van der Waals surface area contributed by atoms with E-state index in [1.807, 2.05) is 14.1 Å². The van der Waals surface area contributed by atoms with E-state index < -0.39 is 10.2 Å². The highest BCUT2D eigenvalue weighted by Crippen LogP contribution is 2.17. The number of nitrogens with one attached hydrogen (secondary N) is 2. The largest absolute Gasteiger partial charge is 0.316 e. The zero-order valence-corrected chi connectivity index (χ0v) is 14.6. The SMILES string of the molecule is CCCNCC1CCCN(S(=O)(=O)NCCCN(C)C)C1. The maximum absolute atomic E-state index is 12.3. The van der Waals surface area contributed by atoms with Crippen molar-refractivity contribution < 1.29 is 8.42 Å². The fraction of sp³-hybridized carbons (Fsp3) is 1.00. The summed E-state index contributed by atoms with van der Waals surface area (Å²) in [6, 6.07) is 0. The molecule has 1 aliphatic heterocycles. The Morgan fingerprint density at radius 2 is 2.05 bits per heavy atom.